The van der Waals surface area contributed by atoms with Crippen LogP contribution in [0.25, 0.3) is 0 Å². The number of nitrogens with two attached hydrogens (primary N) is 1. The van der Waals surface area contributed by atoms with E-state index in [0.717, 1.165) is 0 Å². The molecule has 4 heteroatoms. The maximum Gasteiger partial charge on any atom is 0.228 e. The van der Waals surface area contributed by atoms with E-state index in [1.165, 1.54) is 0 Å². The van der Waals surface area contributed by atoms with Gasteiger partial charge in [-0.15, -0.1) is 0 Å². The highest BCUT2D eigenvalue weighted by Gasteiger charge is 2.15. The molecule has 0 bridgehead atoms. The molecule has 11 heavy (non-hydrogen) atoms. The molecule has 0 amide bonds. The van der Waals surface area contributed by atoms with Gasteiger partial charge in [-0.25, -0.2) is 0 Å². The fraction of sp³-hybridized carbons (Fsp3) is 0.714. The Balaban J connectivity index is 2.65. The zero-order valence-electron chi connectivity index (χ0n) is 7.09. The van der Waals surface area contributed by atoms with Crippen molar-refractivity contribution in [1.29, 1.82) is 0 Å². The number of hydrogen-bond donors (Lipinski definition) is 1. The molecule has 62 valence electrons. The van der Waals surface area contributed by atoms with Gasteiger partial charge in [-0.05, 0) is 20.8 Å². The van der Waals surface area contributed by atoms with Crippen molar-refractivity contribution in [1.82, 2.24) is 10.1 Å². The molecule has 1 aromatic heterocycles. The molecule has 0 saturated heterocycles. The minimum atomic E-state index is -0.279. The lowest BCUT2D eigenvalue weighted by molar-refractivity contribution is 0.346. The van der Waals surface area contributed by atoms with Crippen LogP contribution < -0.4 is 5.73 Å². The summed E-state index contributed by atoms with van der Waals surface area (Å²) in [6, 6.07) is 0. The summed E-state index contributed by atoms with van der Waals surface area (Å²) < 4.78 is 4.90. The smallest absolute Gasteiger partial charge is 0.228 e. The lowest BCUT2D eigenvalue weighted by Crippen LogP contribution is -2.34. The van der Waals surface area contributed by atoms with E-state index in [-0.39, 0.29) is 5.54 Å². The fourth-order valence-electron chi connectivity index (χ4n) is 0.802. The second-order valence-corrected chi connectivity index (χ2v) is 3.40. The summed E-state index contributed by atoms with van der Waals surface area (Å²) in [5.74, 6) is 1.26. The van der Waals surface area contributed by atoms with E-state index in [0.29, 0.717) is 18.1 Å². The van der Waals surface area contributed by atoms with Crippen LogP contribution in [0.3, 0.4) is 0 Å². The van der Waals surface area contributed by atoms with E-state index in [1.807, 2.05) is 13.8 Å². The van der Waals surface area contributed by atoms with Crippen LogP contribution in [0.15, 0.2) is 4.52 Å². The van der Waals surface area contributed by atoms with Gasteiger partial charge in [-0.2, -0.15) is 4.98 Å². The van der Waals surface area contributed by atoms with Crippen LogP contribution in [0, 0.1) is 6.92 Å². The first-order chi connectivity index (χ1) is 4.97. The first-order valence-electron chi connectivity index (χ1n) is 3.55. The summed E-state index contributed by atoms with van der Waals surface area (Å²) in [6.45, 7) is 5.63. The van der Waals surface area contributed by atoms with Crippen LogP contribution >= 0.6 is 0 Å². The third kappa shape index (κ3) is 2.67. The van der Waals surface area contributed by atoms with Gasteiger partial charge in [0.25, 0.3) is 0 Å². The monoisotopic (exact) mass is 155 g/mol. The zero-order valence-corrected chi connectivity index (χ0v) is 7.09. The average Bonchev–Trinajstić information content (AvgIpc) is 2.10. The van der Waals surface area contributed by atoms with Crippen molar-refractivity contribution in [2.45, 2.75) is 32.7 Å². The van der Waals surface area contributed by atoms with E-state index in [2.05, 4.69) is 10.1 Å². The van der Waals surface area contributed by atoms with E-state index in [9.17, 15) is 0 Å². The Hall–Kier alpha value is -0.900. The van der Waals surface area contributed by atoms with Crippen LogP contribution in [0.1, 0.15) is 25.6 Å². The predicted octanol–water partition coefficient (Wildman–Crippen LogP) is 0.658. The first kappa shape index (κ1) is 8.20. The molecule has 0 aliphatic heterocycles. The second-order valence-electron chi connectivity index (χ2n) is 3.40. The van der Waals surface area contributed by atoms with Crippen molar-refractivity contribution >= 4 is 0 Å². The van der Waals surface area contributed by atoms with Gasteiger partial charge in [0, 0.05) is 12.0 Å². The molecule has 0 radical (unpaired) electrons. The average molecular weight is 155 g/mol. The molecule has 0 aliphatic rings. The molecular weight excluding hydrogens is 142 g/mol. The van der Waals surface area contributed by atoms with Gasteiger partial charge in [0.15, 0.2) is 5.82 Å². The van der Waals surface area contributed by atoms with Gasteiger partial charge in [-0.1, -0.05) is 5.16 Å². The van der Waals surface area contributed by atoms with Crippen LogP contribution in [-0.4, -0.2) is 15.7 Å². The molecule has 0 saturated carbocycles. The summed E-state index contributed by atoms with van der Waals surface area (Å²) in [7, 11) is 0. The van der Waals surface area contributed by atoms with Crippen molar-refractivity contribution in [3.05, 3.63) is 11.7 Å². The molecular formula is C7H13N3O. The standard InChI is InChI=1S/C7H13N3O/c1-5-9-6(11-10-5)4-7(2,3)8/h4,8H2,1-3H3. The Labute approximate surface area is 65.8 Å². The molecule has 0 aliphatic carbocycles. The molecule has 2 N–H and O–H groups in total. The number of hydrogen-bond acceptors (Lipinski definition) is 4. The topological polar surface area (TPSA) is 64.9 Å². The van der Waals surface area contributed by atoms with E-state index in [4.69, 9.17) is 10.3 Å². The van der Waals surface area contributed by atoms with Crippen LogP contribution in [0.4, 0.5) is 0 Å². The number of rotatable bonds is 2. The lowest BCUT2D eigenvalue weighted by Gasteiger charge is -2.14. The molecule has 0 aromatic carbocycles. The highest BCUT2D eigenvalue weighted by molar-refractivity contribution is 4.90. The minimum absolute atomic E-state index is 0.279. The molecule has 0 spiro atoms. The van der Waals surface area contributed by atoms with E-state index in [1.54, 1.807) is 6.92 Å². The first-order valence-corrected chi connectivity index (χ1v) is 3.55. The predicted molar refractivity (Wildman–Crippen MR) is 41.0 cm³/mol. The van der Waals surface area contributed by atoms with E-state index >= 15 is 0 Å². The normalized spacial score (nSPS) is 12.0. The summed E-state index contributed by atoms with van der Waals surface area (Å²) in [5, 5.41) is 3.66. The van der Waals surface area contributed by atoms with Crippen molar-refractivity contribution in [2.24, 2.45) is 5.73 Å². The Morgan fingerprint density at radius 1 is 1.55 bits per heavy atom. The fourth-order valence-corrected chi connectivity index (χ4v) is 0.802. The van der Waals surface area contributed by atoms with Crippen molar-refractivity contribution in [3.63, 3.8) is 0 Å². The Morgan fingerprint density at radius 3 is 2.55 bits per heavy atom. The van der Waals surface area contributed by atoms with Gasteiger partial charge >= 0.3 is 0 Å². The number of aromatic nitrogens is 2. The summed E-state index contributed by atoms with van der Waals surface area (Å²) >= 11 is 0. The van der Waals surface area contributed by atoms with Gasteiger partial charge in [0.1, 0.15) is 0 Å². The Bertz CT molecular complexity index is 236. The minimum Gasteiger partial charge on any atom is -0.339 e. The van der Waals surface area contributed by atoms with Gasteiger partial charge in [0.05, 0.1) is 0 Å². The Kier molecular flexibility index (Phi) is 1.95. The molecule has 0 fully saturated rings. The highest BCUT2D eigenvalue weighted by atomic mass is 16.5. The molecule has 1 heterocycles. The lowest BCUT2D eigenvalue weighted by atomic mass is 10.0. The van der Waals surface area contributed by atoms with Crippen molar-refractivity contribution in [3.8, 4) is 0 Å². The van der Waals surface area contributed by atoms with Crippen LogP contribution in [-0.2, 0) is 6.42 Å². The summed E-state index contributed by atoms with van der Waals surface area (Å²) in [6.07, 6.45) is 0.619. The summed E-state index contributed by atoms with van der Waals surface area (Å²) in [4.78, 5) is 4.04. The van der Waals surface area contributed by atoms with Gasteiger partial charge in [0.2, 0.25) is 5.89 Å². The maximum atomic E-state index is 5.75. The molecule has 0 atom stereocenters. The second kappa shape index (κ2) is 2.62. The molecule has 0 unspecified atom stereocenters. The largest absolute Gasteiger partial charge is 0.339 e. The maximum absolute atomic E-state index is 5.75. The van der Waals surface area contributed by atoms with Gasteiger partial charge in [-0.3, -0.25) is 0 Å². The number of aryl methyl sites for hydroxylation is 1. The molecule has 1 rings (SSSR count). The third-order valence-corrected chi connectivity index (χ3v) is 1.18. The summed E-state index contributed by atoms with van der Waals surface area (Å²) in [5.41, 5.74) is 5.47. The zero-order chi connectivity index (χ0) is 8.48. The van der Waals surface area contributed by atoms with Crippen LogP contribution in [0.5, 0.6) is 0 Å². The van der Waals surface area contributed by atoms with E-state index < -0.39 is 0 Å². The SMILES string of the molecule is Cc1noc(CC(C)(C)N)n1. The quantitative estimate of drug-likeness (QED) is 0.681. The van der Waals surface area contributed by atoms with Crippen molar-refractivity contribution < 1.29 is 4.52 Å². The Morgan fingerprint density at radius 2 is 2.18 bits per heavy atom. The number of nitrogens with zero attached hydrogens (tertiary/aromatic N) is 2. The molecule has 4 nitrogen and oxygen atoms in total. The van der Waals surface area contributed by atoms with Crippen LogP contribution in [0.2, 0.25) is 0 Å². The van der Waals surface area contributed by atoms with Gasteiger partial charge < -0.3 is 10.3 Å². The van der Waals surface area contributed by atoms with Crippen molar-refractivity contribution in [2.75, 3.05) is 0 Å². The highest BCUT2D eigenvalue weighted by Crippen LogP contribution is 2.06. The molecule has 1 aromatic rings. The third-order valence-electron chi connectivity index (χ3n) is 1.18.